The van der Waals surface area contributed by atoms with Crippen molar-refractivity contribution in [3.63, 3.8) is 0 Å². The number of rotatable bonds is 2. The number of esters is 1. The predicted molar refractivity (Wildman–Crippen MR) is 116 cm³/mol. The molecule has 0 aromatic heterocycles. The van der Waals surface area contributed by atoms with Gasteiger partial charge in [0.25, 0.3) is 0 Å². The molecule has 0 aromatic carbocycles. The van der Waals surface area contributed by atoms with Crippen molar-refractivity contribution in [2.75, 3.05) is 6.26 Å². The highest BCUT2D eigenvalue weighted by molar-refractivity contribution is 8.13. The summed E-state index contributed by atoms with van der Waals surface area (Å²) in [5, 5.41) is 11.0. The third kappa shape index (κ3) is 2.62. The third-order valence-corrected chi connectivity index (χ3v) is 9.64. The highest BCUT2D eigenvalue weighted by Crippen LogP contribution is 2.72. The Hall–Kier alpha value is -1.54. The van der Waals surface area contributed by atoms with Crippen LogP contribution in [-0.2, 0) is 19.1 Å². The minimum atomic E-state index is -2.22. The second-order valence-corrected chi connectivity index (χ2v) is 11.1. The van der Waals surface area contributed by atoms with Gasteiger partial charge in [-0.3, -0.25) is 14.4 Å². The van der Waals surface area contributed by atoms with Gasteiger partial charge in [-0.15, -0.1) is 0 Å². The molecule has 4 aliphatic rings. The number of ketones is 1. The van der Waals surface area contributed by atoms with Crippen LogP contribution in [0.4, 0.5) is 8.78 Å². The van der Waals surface area contributed by atoms with E-state index < -0.39 is 63.9 Å². The summed E-state index contributed by atoms with van der Waals surface area (Å²) >= 11 is 0.945. The van der Waals surface area contributed by atoms with Crippen LogP contribution in [-0.4, -0.2) is 51.8 Å². The minimum Gasteiger partial charge on any atom is -0.449 e. The van der Waals surface area contributed by atoms with Gasteiger partial charge in [-0.05, 0) is 56.1 Å². The zero-order valence-electron chi connectivity index (χ0n) is 19.0. The van der Waals surface area contributed by atoms with Crippen molar-refractivity contribution in [2.45, 2.75) is 70.5 Å². The van der Waals surface area contributed by atoms with Gasteiger partial charge in [0, 0.05) is 29.6 Å². The number of allylic oxidation sites excluding steroid dienone is 4. The summed E-state index contributed by atoms with van der Waals surface area (Å²) in [4.78, 5) is 37.3. The normalized spacial score (nSPS) is 49.6. The molecule has 176 valence electrons. The molecule has 0 aliphatic heterocycles. The SMILES string of the molecule is CSC(=O)[C@@]1(OC(C)=O)[C@@H](C)C[C@H]2[C@@H]3C[C@H](F)C4=CC(=O)C=C[C@]4(C)[C@@]3(F)[C@@H](O)C[C@@]21C. The van der Waals surface area contributed by atoms with Crippen molar-refractivity contribution in [1.29, 1.82) is 0 Å². The molecule has 8 heteroatoms. The van der Waals surface area contributed by atoms with E-state index in [1.165, 1.54) is 26.0 Å². The summed E-state index contributed by atoms with van der Waals surface area (Å²) in [5.74, 6) is -2.86. The number of hydrogen-bond donors (Lipinski definition) is 1. The van der Waals surface area contributed by atoms with E-state index in [4.69, 9.17) is 4.74 Å². The topological polar surface area (TPSA) is 80.7 Å². The lowest BCUT2D eigenvalue weighted by atomic mass is 9.44. The molecule has 4 rings (SSSR count). The molecular formula is C24H30F2O5S. The first kappa shape index (κ1) is 23.6. The van der Waals surface area contributed by atoms with Crippen molar-refractivity contribution in [1.82, 2.24) is 0 Å². The molecule has 0 aromatic rings. The van der Waals surface area contributed by atoms with Crippen LogP contribution in [0.1, 0.15) is 47.0 Å². The smallest absolute Gasteiger partial charge is 0.303 e. The van der Waals surface area contributed by atoms with Crippen molar-refractivity contribution in [2.24, 2.45) is 28.6 Å². The van der Waals surface area contributed by atoms with Gasteiger partial charge in [-0.2, -0.15) is 0 Å². The maximum Gasteiger partial charge on any atom is 0.303 e. The summed E-state index contributed by atoms with van der Waals surface area (Å²) in [6, 6.07) is 0. The number of fused-ring (bicyclic) bond motifs is 5. The fourth-order valence-corrected chi connectivity index (χ4v) is 8.38. The third-order valence-electron chi connectivity index (χ3n) is 8.96. The van der Waals surface area contributed by atoms with Gasteiger partial charge in [0.05, 0.1) is 6.10 Å². The van der Waals surface area contributed by atoms with Crippen molar-refractivity contribution in [3.05, 3.63) is 23.8 Å². The molecule has 1 N–H and O–H groups in total. The molecule has 0 unspecified atom stereocenters. The Balaban J connectivity index is 1.89. The van der Waals surface area contributed by atoms with E-state index >= 15 is 8.78 Å². The summed E-state index contributed by atoms with van der Waals surface area (Å²) in [6.45, 7) is 6.34. The second kappa shape index (κ2) is 7.23. The first-order valence-electron chi connectivity index (χ1n) is 11.0. The summed E-state index contributed by atoms with van der Waals surface area (Å²) in [6.07, 6.45) is 2.34. The summed E-state index contributed by atoms with van der Waals surface area (Å²) in [7, 11) is 0. The first-order chi connectivity index (χ1) is 14.8. The van der Waals surface area contributed by atoms with Gasteiger partial charge in [0.15, 0.2) is 17.1 Å². The molecule has 32 heavy (non-hydrogen) atoms. The number of alkyl halides is 2. The zero-order valence-corrected chi connectivity index (χ0v) is 19.8. The van der Waals surface area contributed by atoms with E-state index in [-0.39, 0.29) is 23.5 Å². The molecule has 0 spiro atoms. The highest BCUT2D eigenvalue weighted by atomic mass is 32.2. The Morgan fingerprint density at radius 3 is 2.50 bits per heavy atom. The van der Waals surface area contributed by atoms with Crippen LogP contribution in [0.5, 0.6) is 0 Å². The van der Waals surface area contributed by atoms with Gasteiger partial charge in [0.1, 0.15) is 6.17 Å². The number of ether oxygens (including phenoxy) is 1. The summed E-state index contributed by atoms with van der Waals surface area (Å²) < 4.78 is 38.4. The highest BCUT2D eigenvalue weighted by Gasteiger charge is 2.78. The molecule has 0 amide bonds. The lowest BCUT2D eigenvalue weighted by Gasteiger charge is -2.63. The van der Waals surface area contributed by atoms with E-state index in [9.17, 15) is 19.5 Å². The molecule has 0 heterocycles. The van der Waals surface area contributed by atoms with Gasteiger partial charge >= 0.3 is 5.97 Å². The van der Waals surface area contributed by atoms with Gasteiger partial charge < -0.3 is 9.84 Å². The van der Waals surface area contributed by atoms with E-state index in [2.05, 4.69) is 0 Å². The largest absolute Gasteiger partial charge is 0.449 e. The monoisotopic (exact) mass is 468 g/mol. The Bertz CT molecular complexity index is 949. The Morgan fingerprint density at radius 1 is 1.25 bits per heavy atom. The van der Waals surface area contributed by atoms with Crippen LogP contribution in [0.15, 0.2) is 23.8 Å². The second-order valence-electron chi connectivity index (χ2n) is 10.3. The predicted octanol–water partition coefficient (Wildman–Crippen LogP) is 3.74. The first-order valence-corrected chi connectivity index (χ1v) is 12.3. The van der Waals surface area contributed by atoms with Gasteiger partial charge in [0.2, 0.25) is 5.12 Å². The molecular weight excluding hydrogens is 438 g/mol. The molecule has 9 atom stereocenters. The minimum absolute atomic E-state index is 0.0592. The molecule has 0 saturated heterocycles. The zero-order chi connectivity index (χ0) is 23.9. The lowest BCUT2D eigenvalue weighted by Crippen LogP contribution is -2.70. The van der Waals surface area contributed by atoms with E-state index in [0.717, 1.165) is 17.8 Å². The number of aliphatic hydroxyl groups is 1. The number of aliphatic hydroxyl groups excluding tert-OH is 1. The van der Waals surface area contributed by atoms with E-state index in [1.807, 2.05) is 0 Å². The lowest BCUT2D eigenvalue weighted by molar-refractivity contribution is -0.228. The fourth-order valence-electron chi connectivity index (χ4n) is 7.60. The van der Waals surface area contributed by atoms with E-state index in [0.29, 0.717) is 6.42 Å². The Kier molecular flexibility index (Phi) is 5.33. The average Bonchev–Trinajstić information content (AvgIpc) is 2.92. The molecule has 4 aliphatic carbocycles. The van der Waals surface area contributed by atoms with Gasteiger partial charge in [-0.1, -0.05) is 31.7 Å². The number of halogens is 2. The van der Waals surface area contributed by atoms with Crippen molar-refractivity contribution >= 4 is 28.6 Å². The van der Waals surface area contributed by atoms with E-state index in [1.54, 1.807) is 20.1 Å². The fraction of sp³-hybridized carbons (Fsp3) is 0.708. The molecule has 3 fully saturated rings. The quantitative estimate of drug-likeness (QED) is 0.622. The van der Waals surface area contributed by atoms with Crippen LogP contribution in [0, 0.1) is 28.6 Å². The number of hydrogen-bond acceptors (Lipinski definition) is 6. The molecule has 3 saturated carbocycles. The number of carbonyl (C=O) groups is 3. The molecule has 5 nitrogen and oxygen atoms in total. The van der Waals surface area contributed by atoms with Crippen LogP contribution in [0.25, 0.3) is 0 Å². The van der Waals surface area contributed by atoms with Crippen LogP contribution >= 0.6 is 11.8 Å². The van der Waals surface area contributed by atoms with Crippen LogP contribution < -0.4 is 0 Å². The maximum atomic E-state index is 17.1. The number of thioether (sulfide) groups is 1. The Morgan fingerprint density at radius 2 is 1.91 bits per heavy atom. The van der Waals surface area contributed by atoms with Crippen LogP contribution in [0.3, 0.4) is 0 Å². The van der Waals surface area contributed by atoms with Crippen LogP contribution in [0.2, 0.25) is 0 Å². The standard InChI is InChI=1S/C24H30F2O5S/c1-12-8-15-16-10-18(25)17-9-14(28)6-7-21(17,3)23(16,26)19(29)11-22(15,4)24(12,20(30)32-5)31-13(2)27/h6-7,9,12,15-16,18-19,29H,8,10-11H2,1-5H3/t12-,15-,16-,18-,19-,21-,22-,23-,24-/m0/s1. The average molecular weight is 469 g/mol. The molecule has 0 radical (unpaired) electrons. The van der Waals surface area contributed by atoms with Gasteiger partial charge in [-0.25, -0.2) is 8.78 Å². The Labute approximate surface area is 191 Å². The van der Waals surface area contributed by atoms with Crippen molar-refractivity contribution in [3.8, 4) is 0 Å². The van der Waals surface area contributed by atoms with Crippen molar-refractivity contribution < 1.29 is 33.0 Å². The molecule has 0 bridgehead atoms. The maximum absolute atomic E-state index is 17.1. The number of carbonyl (C=O) groups excluding carboxylic acids is 3. The summed E-state index contributed by atoms with van der Waals surface area (Å²) in [5.41, 5.74) is -6.25.